The van der Waals surface area contributed by atoms with Crippen LogP contribution in [0.15, 0.2) is 61.2 Å². The van der Waals surface area contributed by atoms with Crippen LogP contribution in [-0.4, -0.2) is 28.2 Å². The van der Waals surface area contributed by atoms with Crippen molar-refractivity contribution in [2.24, 2.45) is 5.73 Å². The molecule has 0 radical (unpaired) electrons. The Hall–Kier alpha value is -3.57. The number of aromatic nitrogens is 1. The summed E-state index contributed by atoms with van der Waals surface area (Å²) in [6, 6.07) is 16.0. The van der Waals surface area contributed by atoms with Gasteiger partial charge in [0.25, 0.3) is 0 Å². The molecule has 5 rings (SSSR count). The van der Waals surface area contributed by atoms with Crippen molar-refractivity contribution in [1.29, 1.82) is 0 Å². The summed E-state index contributed by atoms with van der Waals surface area (Å²) in [7, 11) is 0. The Balaban J connectivity index is 1.78. The topological polar surface area (TPSA) is 79.2 Å². The predicted molar refractivity (Wildman–Crippen MR) is 128 cm³/mol. The van der Waals surface area contributed by atoms with Crippen LogP contribution in [-0.2, 0) is 29.0 Å². The highest BCUT2D eigenvalue weighted by Gasteiger charge is 2.25. The van der Waals surface area contributed by atoms with Crippen LogP contribution < -0.4 is 5.73 Å². The van der Waals surface area contributed by atoms with Gasteiger partial charge in [-0.3, -0.25) is 9.59 Å². The molecule has 32 heavy (non-hydrogen) atoms. The van der Waals surface area contributed by atoms with Crippen LogP contribution in [0.5, 0.6) is 0 Å². The monoisotopic (exact) mass is 443 g/mol. The number of nitrogens with one attached hydrogen (secondary N) is 1. The van der Waals surface area contributed by atoms with E-state index in [1.165, 1.54) is 11.6 Å². The number of nitrogens with zero attached hydrogens (tertiary/aromatic N) is 1. The van der Waals surface area contributed by atoms with E-state index in [1.807, 2.05) is 30.3 Å². The molecule has 6 heteroatoms. The molecule has 0 saturated heterocycles. The number of primary amides is 1. The quantitative estimate of drug-likeness (QED) is 0.447. The lowest BCUT2D eigenvalue weighted by Gasteiger charge is -2.30. The van der Waals surface area contributed by atoms with E-state index in [0.29, 0.717) is 18.1 Å². The van der Waals surface area contributed by atoms with Crippen molar-refractivity contribution >= 4 is 45.2 Å². The van der Waals surface area contributed by atoms with Crippen molar-refractivity contribution in [2.75, 3.05) is 6.54 Å². The number of carbonyl (C=O) groups is 2. The summed E-state index contributed by atoms with van der Waals surface area (Å²) < 4.78 is 0. The number of rotatable bonds is 4. The van der Waals surface area contributed by atoms with Crippen LogP contribution in [0.4, 0.5) is 0 Å². The Morgan fingerprint density at radius 1 is 1.19 bits per heavy atom. The van der Waals surface area contributed by atoms with Gasteiger partial charge in [0.05, 0.1) is 11.9 Å². The maximum absolute atomic E-state index is 12.1. The number of nitrogens with two attached hydrogens (primary N) is 1. The smallest absolute Gasteiger partial charge is 0.246 e. The summed E-state index contributed by atoms with van der Waals surface area (Å²) >= 11 is 6.88. The molecule has 1 aliphatic heterocycles. The fourth-order valence-electron chi connectivity index (χ4n) is 4.81. The van der Waals surface area contributed by atoms with E-state index < -0.39 is 5.91 Å². The van der Waals surface area contributed by atoms with E-state index in [0.717, 1.165) is 50.5 Å². The van der Waals surface area contributed by atoms with Crippen LogP contribution >= 0.6 is 11.6 Å². The summed E-state index contributed by atoms with van der Waals surface area (Å²) in [6.45, 7) is 4.78. The first-order valence-corrected chi connectivity index (χ1v) is 10.9. The molecule has 0 aliphatic carbocycles. The zero-order chi connectivity index (χ0) is 22.4. The lowest BCUT2D eigenvalue weighted by Crippen LogP contribution is -2.34. The second kappa shape index (κ2) is 7.84. The SMILES string of the molecule is C=CC(=O)N1CCc2c(cccc2-c2c(Cl)cc(CC(N)=O)c3[nH]c4ccccc4c23)C1. The summed E-state index contributed by atoms with van der Waals surface area (Å²) in [5.74, 6) is -0.466. The number of H-pyrrole nitrogens is 1. The van der Waals surface area contributed by atoms with Crippen molar-refractivity contribution in [3.63, 3.8) is 0 Å². The Kier molecular flexibility index (Phi) is 4.98. The van der Waals surface area contributed by atoms with Gasteiger partial charge < -0.3 is 15.6 Å². The molecule has 3 N–H and O–H groups in total. The van der Waals surface area contributed by atoms with Gasteiger partial charge in [-0.15, -0.1) is 0 Å². The molecule has 2 heterocycles. The molecule has 0 bridgehead atoms. The number of fused-ring (bicyclic) bond motifs is 4. The lowest BCUT2D eigenvalue weighted by atomic mass is 9.88. The number of aromatic amines is 1. The fourth-order valence-corrected chi connectivity index (χ4v) is 5.14. The molecule has 4 aromatic rings. The molecule has 3 aromatic carbocycles. The molecule has 0 saturated carbocycles. The Labute approximate surface area is 190 Å². The summed E-state index contributed by atoms with van der Waals surface area (Å²) in [5, 5.41) is 2.61. The number of amides is 2. The van der Waals surface area contributed by atoms with E-state index in [4.69, 9.17) is 17.3 Å². The van der Waals surface area contributed by atoms with E-state index in [-0.39, 0.29) is 12.3 Å². The first-order valence-electron chi connectivity index (χ1n) is 10.5. The minimum Gasteiger partial charge on any atom is -0.369 e. The van der Waals surface area contributed by atoms with Gasteiger partial charge in [-0.05, 0) is 46.9 Å². The molecule has 0 atom stereocenters. The number of hydrogen-bond acceptors (Lipinski definition) is 2. The molecule has 0 spiro atoms. The number of para-hydroxylation sites is 1. The first kappa shape index (κ1) is 20.3. The standard InChI is InChI=1S/C26H22ClN3O2/c1-2-23(32)30-11-10-17-15(14-30)6-5-8-18(17)24-20(27)12-16(13-22(28)31)26-25(24)19-7-3-4-9-21(19)29-26/h2-9,12,29H,1,10-11,13-14H2,(H2,28,31). The third-order valence-electron chi connectivity index (χ3n) is 6.20. The normalized spacial score (nSPS) is 13.3. The van der Waals surface area contributed by atoms with Gasteiger partial charge in [-0.2, -0.15) is 0 Å². The van der Waals surface area contributed by atoms with Crippen molar-refractivity contribution in [2.45, 2.75) is 19.4 Å². The van der Waals surface area contributed by atoms with Crippen LogP contribution in [0.3, 0.4) is 0 Å². The second-order valence-electron chi connectivity index (χ2n) is 8.11. The fraction of sp³-hybridized carbons (Fsp3) is 0.154. The highest BCUT2D eigenvalue weighted by Crippen LogP contribution is 2.43. The maximum Gasteiger partial charge on any atom is 0.246 e. The Morgan fingerprint density at radius 3 is 2.78 bits per heavy atom. The van der Waals surface area contributed by atoms with Gasteiger partial charge in [-0.25, -0.2) is 0 Å². The zero-order valence-electron chi connectivity index (χ0n) is 17.5. The molecule has 2 amide bonds. The average molecular weight is 444 g/mol. The van der Waals surface area contributed by atoms with Crippen LogP contribution in [0, 0.1) is 0 Å². The highest BCUT2D eigenvalue weighted by atomic mass is 35.5. The zero-order valence-corrected chi connectivity index (χ0v) is 18.2. The van der Waals surface area contributed by atoms with Crippen molar-refractivity contribution in [3.8, 4) is 11.1 Å². The first-order chi connectivity index (χ1) is 15.5. The molecule has 160 valence electrons. The third kappa shape index (κ3) is 3.26. The van der Waals surface area contributed by atoms with Crippen LogP contribution in [0.25, 0.3) is 32.9 Å². The minimum absolute atomic E-state index is 0.0612. The van der Waals surface area contributed by atoms with Crippen molar-refractivity contribution in [3.05, 3.63) is 82.9 Å². The molecule has 5 nitrogen and oxygen atoms in total. The van der Waals surface area contributed by atoms with Gasteiger partial charge in [-0.1, -0.05) is 54.6 Å². The maximum atomic E-state index is 12.1. The van der Waals surface area contributed by atoms with Gasteiger partial charge in [0.15, 0.2) is 0 Å². The Morgan fingerprint density at radius 2 is 2.00 bits per heavy atom. The highest BCUT2D eigenvalue weighted by molar-refractivity contribution is 6.36. The molecule has 1 aliphatic rings. The van der Waals surface area contributed by atoms with Crippen LogP contribution in [0.2, 0.25) is 5.02 Å². The lowest BCUT2D eigenvalue weighted by molar-refractivity contribution is -0.126. The number of carbonyl (C=O) groups excluding carboxylic acids is 2. The van der Waals surface area contributed by atoms with Crippen LogP contribution in [0.1, 0.15) is 16.7 Å². The molecular weight excluding hydrogens is 422 g/mol. The van der Waals surface area contributed by atoms with Gasteiger partial charge in [0.2, 0.25) is 11.8 Å². The minimum atomic E-state index is -0.405. The van der Waals surface area contributed by atoms with E-state index in [9.17, 15) is 9.59 Å². The molecule has 0 fully saturated rings. The van der Waals surface area contributed by atoms with E-state index >= 15 is 0 Å². The van der Waals surface area contributed by atoms with Gasteiger partial charge in [0, 0.05) is 40.0 Å². The predicted octanol–water partition coefficient (Wildman–Crippen LogP) is 4.74. The van der Waals surface area contributed by atoms with Gasteiger partial charge >= 0.3 is 0 Å². The van der Waals surface area contributed by atoms with Crippen molar-refractivity contribution < 1.29 is 9.59 Å². The largest absolute Gasteiger partial charge is 0.369 e. The van der Waals surface area contributed by atoms with E-state index in [1.54, 1.807) is 4.90 Å². The number of benzene rings is 3. The van der Waals surface area contributed by atoms with E-state index in [2.05, 4.69) is 29.8 Å². The average Bonchev–Trinajstić information content (AvgIpc) is 3.17. The van der Waals surface area contributed by atoms with Gasteiger partial charge in [0.1, 0.15) is 0 Å². The molecule has 0 unspecified atom stereocenters. The number of hydrogen-bond donors (Lipinski definition) is 2. The molecule has 1 aromatic heterocycles. The Bertz CT molecular complexity index is 1420. The summed E-state index contributed by atoms with van der Waals surface area (Å²) in [4.78, 5) is 29.1. The van der Waals surface area contributed by atoms with Crippen molar-refractivity contribution in [1.82, 2.24) is 9.88 Å². The second-order valence-corrected chi connectivity index (χ2v) is 8.52. The summed E-state index contributed by atoms with van der Waals surface area (Å²) in [5.41, 5.74) is 12.4. The third-order valence-corrected chi connectivity index (χ3v) is 6.50. The summed E-state index contributed by atoms with van der Waals surface area (Å²) in [6.07, 6.45) is 2.20. The number of halogens is 1. The molecular formula is C26H22ClN3O2.